The Morgan fingerprint density at radius 1 is 1.30 bits per heavy atom. The average molecular weight is 330 g/mol. The Kier molecular flexibility index (Phi) is 5.33. The third-order valence-electron chi connectivity index (χ3n) is 3.17. The summed E-state index contributed by atoms with van der Waals surface area (Å²) in [4.78, 5) is 1.14. The van der Waals surface area contributed by atoms with Crippen molar-refractivity contribution < 1.29 is 4.74 Å². The van der Waals surface area contributed by atoms with Gasteiger partial charge in [0.2, 0.25) is 0 Å². The Labute approximate surface area is 133 Å². The van der Waals surface area contributed by atoms with Crippen LogP contribution in [0.25, 0.3) is 0 Å². The summed E-state index contributed by atoms with van der Waals surface area (Å²) in [7, 11) is 0. The molecule has 2 unspecified atom stereocenters. The van der Waals surface area contributed by atoms with Gasteiger partial charge in [0, 0.05) is 15.9 Å². The Bertz CT molecular complexity index is 585. The quantitative estimate of drug-likeness (QED) is 0.815. The summed E-state index contributed by atoms with van der Waals surface area (Å²) in [5.41, 5.74) is 7.41. The van der Waals surface area contributed by atoms with Gasteiger partial charge in [0.1, 0.15) is 11.9 Å². The zero-order chi connectivity index (χ0) is 14.7. The van der Waals surface area contributed by atoms with E-state index in [1.165, 1.54) is 5.56 Å². The maximum Gasteiger partial charge on any atom is 0.148 e. The van der Waals surface area contributed by atoms with Crippen LogP contribution in [-0.4, -0.2) is 6.04 Å². The number of aryl methyl sites for hydroxylation is 1. The van der Waals surface area contributed by atoms with Crippen molar-refractivity contribution in [3.63, 3.8) is 0 Å². The lowest BCUT2D eigenvalue weighted by molar-refractivity contribution is 0.174. The second-order valence-electron chi connectivity index (χ2n) is 4.65. The molecular weight excluding hydrogens is 313 g/mol. The lowest BCUT2D eigenvalue weighted by Crippen LogP contribution is -2.31. The third-order valence-corrected chi connectivity index (χ3v) is 4.78. The second-order valence-corrected chi connectivity index (χ2v) is 6.44. The summed E-state index contributed by atoms with van der Waals surface area (Å²) in [5.74, 6) is 0.609. The SMILES string of the molecule is CCC(N)C(Oc1ccc(Cl)cc1Cl)c1sccc1C. The fourth-order valence-electron chi connectivity index (χ4n) is 1.93. The molecule has 2 atom stereocenters. The highest BCUT2D eigenvalue weighted by Gasteiger charge is 2.24. The molecule has 0 amide bonds. The molecule has 2 rings (SSSR count). The lowest BCUT2D eigenvalue weighted by atomic mass is 10.1. The molecular formula is C15H17Cl2NOS. The molecule has 1 aromatic carbocycles. The topological polar surface area (TPSA) is 35.2 Å². The van der Waals surface area contributed by atoms with E-state index in [1.54, 1.807) is 29.5 Å². The van der Waals surface area contributed by atoms with Crippen LogP contribution < -0.4 is 10.5 Å². The molecule has 5 heteroatoms. The summed E-state index contributed by atoms with van der Waals surface area (Å²) < 4.78 is 6.07. The van der Waals surface area contributed by atoms with Gasteiger partial charge in [-0.1, -0.05) is 30.1 Å². The second kappa shape index (κ2) is 6.81. The Morgan fingerprint density at radius 2 is 2.05 bits per heavy atom. The highest BCUT2D eigenvalue weighted by molar-refractivity contribution is 7.10. The van der Waals surface area contributed by atoms with Crippen molar-refractivity contribution in [3.8, 4) is 5.75 Å². The molecule has 0 fully saturated rings. The summed E-state index contributed by atoms with van der Waals surface area (Å²) in [5, 5.41) is 3.14. The molecule has 1 heterocycles. The first-order chi connectivity index (χ1) is 9.52. The molecule has 0 aliphatic rings. The van der Waals surface area contributed by atoms with Crippen molar-refractivity contribution >= 4 is 34.5 Å². The fraction of sp³-hybridized carbons (Fsp3) is 0.333. The van der Waals surface area contributed by atoms with Crippen LogP contribution >= 0.6 is 34.5 Å². The van der Waals surface area contributed by atoms with Crippen LogP contribution in [0, 0.1) is 6.92 Å². The van der Waals surface area contributed by atoms with Crippen LogP contribution in [0.1, 0.15) is 29.9 Å². The summed E-state index contributed by atoms with van der Waals surface area (Å²) >= 11 is 13.7. The Balaban J connectivity index is 2.31. The highest BCUT2D eigenvalue weighted by atomic mass is 35.5. The van der Waals surface area contributed by atoms with E-state index in [0.717, 1.165) is 11.3 Å². The van der Waals surface area contributed by atoms with Crippen LogP contribution in [0.5, 0.6) is 5.75 Å². The number of benzene rings is 1. The number of rotatable bonds is 5. The molecule has 0 spiro atoms. The van der Waals surface area contributed by atoms with Gasteiger partial charge in [-0.25, -0.2) is 0 Å². The number of hydrogen-bond donors (Lipinski definition) is 1. The molecule has 2 aromatic rings. The summed E-state index contributed by atoms with van der Waals surface area (Å²) in [6.07, 6.45) is 0.631. The van der Waals surface area contributed by atoms with Crippen LogP contribution in [0.4, 0.5) is 0 Å². The van der Waals surface area contributed by atoms with Crippen molar-refractivity contribution in [1.29, 1.82) is 0 Å². The van der Waals surface area contributed by atoms with Crippen LogP contribution in [-0.2, 0) is 0 Å². The Hall–Kier alpha value is -0.740. The molecule has 20 heavy (non-hydrogen) atoms. The van der Waals surface area contributed by atoms with Crippen LogP contribution in [0.15, 0.2) is 29.6 Å². The minimum absolute atomic E-state index is 0.0842. The van der Waals surface area contributed by atoms with Gasteiger partial charge < -0.3 is 10.5 Å². The zero-order valence-corrected chi connectivity index (χ0v) is 13.7. The molecule has 0 saturated carbocycles. The van der Waals surface area contributed by atoms with Gasteiger partial charge in [-0.3, -0.25) is 0 Å². The van der Waals surface area contributed by atoms with Gasteiger partial charge in [0.15, 0.2) is 0 Å². The van der Waals surface area contributed by atoms with Crippen molar-refractivity contribution in [2.24, 2.45) is 5.73 Å². The van der Waals surface area contributed by atoms with Gasteiger partial charge in [0.05, 0.1) is 5.02 Å². The van der Waals surface area contributed by atoms with Crippen LogP contribution in [0.2, 0.25) is 10.0 Å². The first-order valence-corrected chi connectivity index (χ1v) is 8.07. The fourth-order valence-corrected chi connectivity index (χ4v) is 3.42. The molecule has 0 aliphatic heterocycles. The van der Waals surface area contributed by atoms with E-state index in [4.69, 9.17) is 33.7 Å². The molecule has 1 aromatic heterocycles. The number of nitrogens with two attached hydrogens (primary N) is 1. The molecule has 0 radical (unpaired) electrons. The number of halogens is 2. The molecule has 2 N–H and O–H groups in total. The lowest BCUT2D eigenvalue weighted by Gasteiger charge is -2.24. The van der Waals surface area contributed by atoms with Crippen LogP contribution in [0.3, 0.4) is 0 Å². The number of hydrogen-bond acceptors (Lipinski definition) is 3. The van der Waals surface area contributed by atoms with Gasteiger partial charge >= 0.3 is 0 Å². The van der Waals surface area contributed by atoms with Crippen molar-refractivity contribution in [2.45, 2.75) is 32.4 Å². The van der Waals surface area contributed by atoms with Crippen molar-refractivity contribution in [3.05, 3.63) is 50.1 Å². The predicted octanol–water partition coefficient (Wildman–Crippen LogP) is 5.22. The smallest absolute Gasteiger partial charge is 0.148 e. The first kappa shape index (κ1) is 15.6. The minimum Gasteiger partial charge on any atom is -0.482 e. The number of ether oxygens (including phenoxy) is 1. The van der Waals surface area contributed by atoms with E-state index in [0.29, 0.717) is 15.8 Å². The van der Waals surface area contributed by atoms with E-state index in [-0.39, 0.29) is 12.1 Å². The molecule has 108 valence electrons. The summed E-state index contributed by atoms with van der Waals surface area (Å²) in [6.45, 7) is 4.11. The van der Waals surface area contributed by atoms with E-state index >= 15 is 0 Å². The van der Waals surface area contributed by atoms with Gasteiger partial charge in [-0.15, -0.1) is 11.3 Å². The van der Waals surface area contributed by atoms with E-state index in [9.17, 15) is 0 Å². The highest BCUT2D eigenvalue weighted by Crippen LogP contribution is 2.35. The normalized spacial score (nSPS) is 14.1. The minimum atomic E-state index is -0.196. The van der Waals surface area contributed by atoms with Crippen molar-refractivity contribution in [2.75, 3.05) is 0 Å². The molecule has 0 aliphatic carbocycles. The van der Waals surface area contributed by atoms with E-state index < -0.39 is 0 Å². The van der Waals surface area contributed by atoms with Gasteiger partial charge in [0.25, 0.3) is 0 Å². The maximum absolute atomic E-state index is 6.22. The standard InChI is InChI=1S/C15H17Cl2NOS/c1-3-12(18)14(15-9(2)6-7-20-15)19-13-5-4-10(16)8-11(13)17/h4-8,12,14H,3,18H2,1-2H3. The molecule has 0 saturated heterocycles. The maximum atomic E-state index is 6.22. The van der Waals surface area contributed by atoms with E-state index in [1.807, 2.05) is 12.3 Å². The van der Waals surface area contributed by atoms with Gasteiger partial charge in [-0.05, 0) is 48.6 Å². The predicted molar refractivity (Wildman–Crippen MR) is 87.2 cm³/mol. The summed E-state index contributed by atoms with van der Waals surface area (Å²) in [6, 6.07) is 7.21. The number of thiophene rings is 1. The molecule has 2 nitrogen and oxygen atoms in total. The van der Waals surface area contributed by atoms with Gasteiger partial charge in [-0.2, -0.15) is 0 Å². The third kappa shape index (κ3) is 3.47. The monoisotopic (exact) mass is 329 g/mol. The van der Waals surface area contributed by atoms with E-state index in [2.05, 4.69) is 13.0 Å². The largest absolute Gasteiger partial charge is 0.482 e. The first-order valence-electron chi connectivity index (χ1n) is 6.44. The van der Waals surface area contributed by atoms with Crippen molar-refractivity contribution in [1.82, 2.24) is 0 Å². The average Bonchev–Trinajstić information content (AvgIpc) is 2.83. The molecule has 0 bridgehead atoms. The Morgan fingerprint density at radius 3 is 2.60 bits per heavy atom. The zero-order valence-electron chi connectivity index (χ0n) is 11.4.